The minimum Gasteiger partial charge on any atom is -0.397 e. The van der Waals surface area contributed by atoms with E-state index in [9.17, 15) is 0 Å². The third kappa shape index (κ3) is 2.71. The van der Waals surface area contributed by atoms with Crippen molar-refractivity contribution in [1.82, 2.24) is 9.97 Å². The Hall–Kier alpha value is -1.71. The van der Waals surface area contributed by atoms with Gasteiger partial charge in [-0.3, -0.25) is 0 Å². The number of nitrogens with two attached hydrogens (primary N) is 1. The fourth-order valence-electron chi connectivity index (χ4n) is 3.49. The van der Waals surface area contributed by atoms with Crippen LogP contribution in [-0.4, -0.2) is 23.1 Å². The van der Waals surface area contributed by atoms with Gasteiger partial charge in [0.1, 0.15) is 5.82 Å². The maximum Gasteiger partial charge on any atom is 0.110 e. The van der Waals surface area contributed by atoms with Gasteiger partial charge in [-0.05, 0) is 38.8 Å². The van der Waals surface area contributed by atoms with Crippen LogP contribution in [0, 0.1) is 0 Å². The van der Waals surface area contributed by atoms with Gasteiger partial charge in [0, 0.05) is 19.0 Å². The molecule has 0 saturated heterocycles. The highest BCUT2D eigenvalue weighted by Gasteiger charge is 2.19. The van der Waals surface area contributed by atoms with Crippen LogP contribution in [0.2, 0.25) is 0 Å². The minimum absolute atomic E-state index is 0.601. The van der Waals surface area contributed by atoms with Crippen LogP contribution in [0.5, 0.6) is 0 Å². The van der Waals surface area contributed by atoms with Gasteiger partial charge < -0.3 is 15.6 Å². The predicted molar refractivity (Wildman–Crippen MR) is 89.9 cm³/mol. The summed E-state index contributed by atoms with van der Waals surface area (Å²) in [7, 11) is 0. The van der Waals surface area contributed by atoms with Crippen molar-refractivity contribution in [3.05, 3.63) is 18.0 Å². The second-order valence-electron chi connectivity index (χ2n) is 6.06. The average Bonchev–Trinajstić information content (AvgIpc) is 2.92. The summed E-state index contributed by atoms with van der Waals surface area (Å²) in [6.45, 7) is 6.26. The molecule has 3 rings (SSSR count). The summed E-state index contributed by atoms with van der Waals surface area (Å²) in [6.07, 6.45) is 6.55. The number of nitrogen functional groups attached to an aromatic ring is 1. The molecule has 2 aromatic rings. The van der Waals surface area contributed by atoms with Gasteiger partial charge in [0.05, 0.1) is 22.4 Å². The molecule has 4 nitrogen and oxygen atoms in total. The van der Waals surface area contributed by atoms with Crippen LogP contribution in [-0.2, 0) is 0 Å². The zero-order valence-electron chi connectivity index (χ0n) is 13.2. The van der Waals surface area contributed by atoms with Crippen molar-refractivity contribution in [1.29, 1.82) is 0 Å². The molecule has 0 amide bonds. The lowest BCUT2D eigenvalue weighted by Gasteiger charge is -2.22. The number of benzene rings is 1. The van der Waals surface area contributed by atoms with E-state index in [0.717, 1.165) is 41.3 Å². The number of H-pyrrole nitrogens is 1. The number of aromatic nitrogens is 2. The Morgan fingerprint density at radius 1 is 1.19 bits per heavy atom. The molecule has 0 radical (unpaired) electrons. The number of anilines is 2. The molecule has 0 spiro atoms. The molecule has 0 unspecified atom stereocenters. The Morgan fingerprint density at radius 3 is 2.57 bits per heavy atom. The molecule has 1 aromatic carbocycles. The van der Waals surface area contributed by atoms with Gasteiger partial charge in [-0.25, -0.2) is 4.98 Å². The van der Waals surface area contributed by atoms with E-state index in [0.29, 0.717) is 5.92 Å². The minimum atomic E-state index is 0.601. The Morgan fingerprint density at radius 2 is 1.90 bits per heavy atom. The van der Waals surface area contributed by atoms with E-state index < -0.39 is 0 Å². The molecule has 1 fully saturated rings. The second kappa shape index (κ2) is 5.96. The lowest BCUT2D eigenvalue weighted by atomic mass is 9.89. The Labute approximate surface area is 126 Å². The maximum absolute atomic E-state index is 6.23. The Bertz CT molecular complexity index is 607. The van der Waals surface area contributed by atoms with Gasteiger partial charge in [-0.1, -0.05) is 19.3 Å². The van der Waals surface area contributed by atoms with Gasteiger partial charge in [-0.2, -0.15) is 0 Å². The van der Waals surface area contributed by atoms with Crippen molar-refractivity contribution >= 4 is 22.4 Å². The van der Waals surface area contributed by atoms with Crippen LogP contribution in [0.15, 0.2) is 12.1 Å². The molecule has 0 aliphatic heterocycles. The van der Waals surface area contributed by atoms with Crippen LogP contribution in [0.25, 0.3) is 11.0 Å². The monoisotopic (exact) mass is 286 g/mol. The van der Waals surface area contributed by atoms with Crippen molar-refractivity contribution in [2.24, 2.45) is 0 Å². The van der Waals surface area contributed by atoms with Crippen molar-refractivity contribution in [3.63, 3.8) is 0 Å². The van der Waals surface area contributed by atoms with Crippen molar-refractivity contribution < 1.29 is 0 Å². The van der Waals surface area contributed by atoms with Crippen molar-refractivity contribution in [3.8, 4) is 0 Å². The van der Waals surface area contributed by atoms with Gasteiger partial charge in [-0.15, -0.1) is 0 Å². The fraction of sp³-hybridized carbons (Fsp3) is 0.588. The molecule has 1 aliphatic rings. The Balaban J connectivity index is 1.97. The quantitative estimate of drug-likeness (QED) is 0.834. The Kier molecular flexibility index (Phi) is 4.04. The highest BCUT2D eigenvalue weighted by atomic mass is 15.1. The van der Waals surface area contributed by atoms with Gasteiger partial charge in [0.15, 0.2) is 0 Å². The molecule has 4 heteroatoms. The van der Waals surface area contributed by atoms with Gasteiger partial charge in [0.2, 0.25) is 0 Å². The molecular formula is C17H26N4. The van der Waals surface area contributed by atoms with E-state index in [4.69, 9.17) is 10.7 Å². The summed E-state index contributed by atoms with van der Waals surface area (Å²) in [6, 6.07) is 4.18. The second-order valence-corrected chi connectivity index (χ2v) is 6.06. The fourth-order valence-corrected chi connectivity index (χ4v) is 3.49. The number of fused-ring (bicyclic) bond motifs is 1. The molecule has 21 heavy (non-hydrogen) atoms. The zero-order valence-corrected chi connectivity index (χ0v) is 13.2. The summed E-state index contributed by atoms with van der Waals surface area (Å²) in [5, 5.41) is 0. The molecule has 1 aromatic heterocycles. The predicted octanol–water partition coefficient (Wildman–Crippen LogP) is 4.04. The van der Waals surface area contributed by atoms with E-state index in [2.05, 4.69) is 29.8 Å². The lowest BCUT2D eigenvalue weighted by molar-refractivity contribution is 0.431. The molecule has 114 valence electrons. The van der Waals surface area contributed by atoms with Crippen LogP contribution >= 0.6 is 0 Å². The number of nitrogens with one attached hydrogen (secondary N) is 1. The molecule has 0 atom stereocenters. The summed E-state index contributed by atoms with van der Waals surface area (Å²) < 4.78 is 0. The highest BCUT2D eigenvalue weighted by Crippen LogP contribution is 2.34. The number of nitrogens with zero attached hydrogens (tertiary/aromatic N) is 2. The third-order valence-corrected chi connectivity index (χ3v) is 4.74. The maximum atomic E-state index is 6.23. The van der Waals surface area contributed by atoms with Crippen LogP contribution < -0.4 is 10.6 Å². The highest BCUT2D eigenvalue weighted by molar-refractivity contribution is 5.87. The summed E-state index contributed by atoms with van der Waals surface area (Å²) in [4.78, 5) is 10.6. The zero-order chi connectivity index (χ0) is 14.8. The molecule has 3 N–H and O–H groups in total. The smallest absolute Gasteiger partial charge is 0.110 e. The molecule has 1 heterocycles. The first-order chi connectivity index (χ1) is 10.2. The first-order valence-electron chi connectivity index (χ1n) is 8.27. The number of hydrogen-bond acceptors (Lipinski definition) is 3. The first-order valence-corrected chi connectivity index (χ1v) is 8.27. The topological polar surface area (TPSA) is 57.9 Å². The first kappa shape index (κ1) is 14.2. The largest absolute Gasteiger partial charge is 0.397 e. The number of hydrogen-bond donors (Lipinski definition) is 2. The van der Waals surface area contributed by atoms with E-state index in [1.165, 1.54) is 32.1 Å². The third-order valence-electron chi connectivity index (χ3n) is 4.74. The van der Waals surface area contributed by atoms with Crippen LogP contribution in [0.4, 0.5) is 11.4 Å². The van der Waals surface area contributed by atoms with E-state index in [1.54, 1.807) is 0 Å². The normalized spacial score (nSPS) is 16.5. The van der Waals surface area contributed by atoms with Gasteiger partial charge in [0.25, 0.3) is 0 Å². The van der Waals surface area contributed by atoms with E-state index in [-0.39, 0.29) is 0 Å². The van der Waals surface area contributed by atoms with E-state index in [1.807, 2.05) is 6.07 Å². The number of imidazole rings is 1. The van der Waals surface area contributed by atoms with Gasteiger partial charge >= 0.3 is 0 Å². The van der Waals surface area contributed by atoms with Crippen molar-refractivity contribution in [2.45, 2.75) is 51.9 Å². The molecule has 1 saturated carbocycles. The van der Waals surface area contributed by atoms with Crippen LogP contribution in [0.1, 0.15) is 57.7 Å². The SMILES string of the molecule is CCN(CC)c1cc2[nH]c(C3CCCCC3)nc2cc1N. The van der Waals surface area contributed by atoms with E-state index >= 15 is 0 Å². The summed E-state index contributed by atoms with van der Waals surface area (Å²) >= 11 is 0. The van der Waals surface area contributed by atoms with Crippen molar-refractivity contribution in [2.75, 3.05) is 23.7 Å². The summed E-state index contributed by atoms with van der Waals surface area (Å²) in [5.41, 5.74) is 10.3. The molecule has 0 bridgehead atoms. The lowest BCUT2D eigenvalue weighted by Crippen LogP contribution is -2.22. The number of rotatable bonds is 4. The molecular weight excluding hydrogens is 260 g/mol. The van der Waals surface area contributed by atoms with Crippen LogP contribution in [0.3, 0.4) is 0 Å². The number of aromatic amines is 1. The standard InChI is InChI=1S/C17H26N4/c1-3-21(4-2)16-11-15-14(10-13(16)18)19-17(20-15)12-8-6-5-7-9-12/h10-12H,3-9,18H2,1-2H3,(H,19,20). The summed E-state index contributed by atoms with van der Waals surface area (Å²) in [5.74, 6) is 1.75. The molecule has 1 aliphatic carbocycles. The average molecular weight is 286 g/mol.